The van der Waals surface area contributed by atoms with Crippen LogP contribution in [0.5, 0.6) is 0 Å². The lowest BCUT2D eigenvalue weighted by Crippen LogP contribution is -2.48. The lowest BCUT2D eigenvalue weighted by Gasteiger charge is -2.25. The Morgan fingerprint density at radius 3 is 1.42 bits per heavy atom. The number of para-hydroxylation sites is 2. The first kappa shape index (κ1) is 22.3. The molecule has 0 aromatic heterocycles. The molecule has 4 aliphatic rings. The second kappa shape index (κ2) is 7.65. The largest absolute Gasteiger partial charge is 0.334 e. The van der Waals surface area contributed by atoms with Crippen molar-refractivity contribution in [2.75, 3.05) is 22.9 Å². The first-order chi connectivity index (χ1) is 17.3. The van der Waals surface area contributed by atoms with Crippen LogP contribution in [0.3, 0.4) is 0 Å². The normalized spacial score (nSPS) is 26.3. The van der Waals surface area contributed by atoms with Crippen LogP contribution in [0.4, 0.5) is 11.4 Å². The van der Waals surface area contributed by atoms with E-state index < -0.39 is 11.1 Å². The predicted molar refractivity (Wildman–Crippen MR) is 134 cm³/mol. The van der Waals surface area contributed by atoms with Crippen LogP contribution in [0, 0.1) is 0 Å². The minimum atomic E-state index is -1.08. The van der Waals surface area contributed by atoms with Gasteiger partial charge in [-0.2, -0.15) is 0 Å². The molecule has 0 saturated carbocycles. The molecule has 0 radical (unpaired) electrons. The molecule has 8 nitrogen and oxygen atoms in total. The molecule has 2 unspecified atom stereocenters. The average Bonchev–Trinajstić information content (AvgIpc) is 3.50. The van der Waals surface area contributed by atoms with Gasteiger partial charge in [0.25, 0.3) is 11.8 Å². The minimum absolute atomic E-state index is 0.149. The van der Waals surface area contributed by atoms with Crippen molar-refractivity contribution in [2.45, 2.75) is 36.8 Å². The van der Waals surface area contributed by atoms with Gasteiger partial charge in [-0.3, -0.25) is 19.2 Å². The van der Waals surface area contributed by atoms with E-state index in [0.29, 0.717) is 37.1 Å². The molecule has 2 aromatic carbocycles. The van der Waals surface area contributed by atoms with Gasteiger partial charge >= 0.3 is 0 Å². The number of unbranched alkanes of at least 4 members (excludes halogenated alkanes) is 1. The van der Waals surface area contributed by atoms with E-state index >= 15 is 0 Å². The zero-order valence-electron chi connectivity index (χ0n) is 19.8. The van der Waals surface area contributed by atoms with Crippen LogP contribution in [0.1, 0.15) is 36.8 Å². The van der Waals surface area contributed by atoms with E-state index in [1.54, 1.807) is 9.80 Å². The van der Waals surface area contributed by atoms with Crippen molar-refractivity contribution in [3.8, 4) is 0 Å². The van der Waals surface area contributed by atoms with Crippen LogP contribution >= 0.6 is 0 Å². The molecule has 4 amide bonds. The third-order valence-electron chi connectivity index (χ3n) is 7.80. The molecule has 2 aromatic rings. The van der Waals surface area contributed by atoms with Gasteiger partial charge in [0, 0.05) is 59.6 Å². The SMILES string of the molecule is C=C1CC2(NC1=O)C(=O)N(CCCCN1C(=O)C3(CC(=C)C(=O)N3)c3ccccc31)c1ccccc12. The Kier molecular flexibility index (Phi) is 4.73. The maximum atomic E-state index is 13.5. The number of nitrogens with one attached hydrogen (secondary N) is 2. The number of fused-ring (bicyclic) bond motifs is 4. The van der Waals surface area contributed by atoms with E-state index in [0.717, 1.165) is 22.5 Å². The molecule has 2 N–H and O–H groups in total. The van der Waals surface area contributed by atoms with Crippen LogP contribution in [0.25, 0.3) is 0 Å². The molecule has 0 bridgehead atoms. The van der Waals surface area contributed by atoms with Crippen molar-refractivity contribution in [3.05, 3.63) is 84.0 Å². The first-order valence-electron chi connectivity index (χ1n) is 12.1. The molecule has 36 heavy (non-hydrogen) atoms. The first-order valence-corrected chi connectivity index (χ1v) is 12.1. The number of hydrogen-bond donors (Lipinski definition) is 2. The van der Waals surface area contributed by atoms with Crippen LogP contribution in [-0.2, 0) is 30.3 Å². The summed E-state index contributed by atoms with van der Waals surface area (Å²) in [4.78, 5) is 55.0. The van der Waals surface area contributed by atoms with Gasteiger partial charge in [0.1, 0.15) is 0 Å². The van der Waals surface area contributed by atoms with Gasteiger partial charge in [-0.25, -0.2) is 0 Å². The molecule has 2 atom stereocenters. The number of carbonyl (C=O) groups excluding carboxylic acids is 4. The molecule has 6 rings (SSSR count). The monoisotopic (exact) mass is 482 g/mol. The maximum absolute atomic E-state index is 13.5. The number of rotatable bonds is 5. The smallest absolute Gasteiger partial charge is 0.257 e. The summed E-state index contributed by atoms with van der Waals surface area (Å²) in [5.41, 5.74) is 1.84. The predicted octanol–water partition coefficient (Wildman–Crippen LogP) is 2.40. The van der Waals surface area contributed by atoms with Crippen molar-refractivity contribution in [1.29, 1.82) is 0 Å². The lowest BCUT2D eigenvalue weighted by molar-refractivity contribution is -0.127. The van der Waals surface area contributed by atoms with Crippen LogP contribution < -0.4 is 20.4 Å². The van der Waals surface area contributed by atoms with Gasteiger partial charge in [-0.15, -0.1) is 0 Å². The fourth-order valence-electron chi connectivity index (χ4n) is 6.07. The number of amides is 4. The summed E-state index contributed by atoms with van der Waals surface area (Å²) >= 11 is 0. The van der Waals surface area contributed by atoms with Gasteiger partial charge in [0.05, 0.1) is 0 Å². The highest BCUT2D eigenvalue weighted by molar-refractivity contribution is 6.15. The fourth-order valence-corrected chi connectivity index (χ4v) is 6.07. The van der Waals surface area contributed by atoms with Crippen LogP contribution in [0.2, 0.25) is 0 Å². The van der Waals surface area contributed by atoms with Crippen molar-refractivity contribution in [1.82, 2.24) is 10.6 Å². The number of hydrogen-bond acceptors (Lipinski definition) is 4. The molecule has 2 saturated heterocycles. The van der Waals surface area contributed by atoms with E-state index in [4.69, 9.17) is 0 Å². The third-order valence-corrected chi connectivity index (χ3v) is 7.80. The molecule has 4 aliphatic heterocycles. The highest BCUT2D eigenvalue weighted by Crippen LogP contribution is 2.47. The number of anilines is 2. The lowest BCUT2D eigenvalue weighted by atomic mass is 9.89. The quantitative estimate of drug-likeness (QED) is 0.505. The summed E-state index contributed by atoms with van der Waals surface area (Å²) in [6, 6.07) is 15.1. The summed E-state index contributed by atoms with van der Waals surface area (Å²) in [6.45, 7) is 8.56. The van der Waals surface area contributed by atoms with Gasteiger partial charge in [0.2, 0.25) is 11.8 Å². The van der Waals surface area contributed by atoms with E-state index in [9.17, 15) is 19.2 Å². The van der Waals surface area contributed by atoms with Gasteiger partial charge in [-0.05, 0) is 25.0 Å². The molecule has 4 heterocycles. The third kappa shape index (κ3) is 2.87. The van der Waals surface area contributed by atoms with Gasteiger partial charge in [-0.1, -0.05) is 49.6 Å². The Labute approximate surface area is 208 Å². The van der Waals surface area contributed by atoms with Gasteiger partial charge < -0.3 is 20.4 Å². The second-order valence-electron chi connectivity index (χ2n) is 9.93. The number of carbonyl (C=O) groups is 4. The second-order valence-corrected chi connectivity index (χ2v) is 9.93. The molecule has 2 fully saturated rings. The Morgan fingerprint density at radius 1 is 0.667 bits per heavy atom. The molecule has 2 spiro atoms. The van der Waals surface area contributed by atoms with E-state index in [-0.39, 0.29) is 36.5 Å². The average molecular weight is 483 g/mol. The summed E-state index contributed by atoms with van der Waals surface area (Å²) < 4.78 is 0. The van der Waals surface area contributed by atoms with E-state index in [2.05, 4.69) is 23.8 Å². The zero-order chi connectivity index (χ0) is 25.2. The summed E-state index contributed by atoms with van der Waals surface area (Å²) in [6.07, 6.45) is 1.83. The van der Waals surface area contributed by atoms with Crippen molar-refractivity contribution < 1.29 is 19.2 Å². The standard InChI is InChI=1S/C28H26N4O4/c1-17-15-27(29-23(17)33)19-9-3-5-11-21(19)31(25(27)35)13-7-8-14-32-22-12-6-4-10-20(22)28(26(32)36)16-18(2)24(34)30-28/h3-6,9-12H,1-2,7-8,13-16H2,(H,29,33)(H,30,34). The van der Waals surface area contributed by atoms with Crippen molar-refractivity contribution in [2.24, 2.45) is 0 Å². The summed E-state index contributed by atoms with van der Waals surface area (Å²) in [5.74, 6) is -0.877. The zero-order valence-corrected chi connectivity index (χ0v) is 19.8. The molecule has 8 heteroatoms. The Balaban J connectivity index is 1.18. The molecule has 0 aliphatic carbocycles. The van der Waals surface area contributed by atoms with Crippen LogP contribution in [0.15, 0.2) is 72.8 Å². The Morgan fingerprint density at radius 2 is 1.06 bits per heavy atom. The molecular weight excluding hydrogens is 456 g/mol. The highest BCUT2D eigenvalue weighted by atomic mass is 16.2. The highest BCUT2D eigenvalue weighted by Gasteiger charge is 2.57. The number of benzene rings is 2. The summed E-state index contributed by atoms with van der Waals surface area (Å²) in [5, 5.41) is 5.76. The van der Waals surface area contributed by atoms with Crippen molar-refractivity contribution in [3.63, 3.8) is 0 Å². The number of nitrogens with zero attached hydrogens (tertiary/aromatic N) is 2. The van der Waals surface area contributed by atoms with Crippen molar-refractivity contribution >= 4 is 35.0 Å². The maximum Gasteiger partial charge on any atom is 0.257 e. The molecule has 182 valence electrons. The Bertz CT molecular complexity index is 1260. The van der Waals surface area contributed by atoms with Gasteiger partial charge in [0.15, 0.2) is 11.1 Å². The van der Waals surface area contributed by atoms with E-state index in [1.807, 2.05) is 48.5 Å². The van der Waals surface area contributed by atoms with Crippen LogP contribution in [-0.4, -0.2) is 36.7 Å². The minimum Gasteiger partial charge on any atom is -0.334 e. The molecular formula is C28H26N4O4. The fraction of sp³-hybridized carbons (Fsp3) is 0.286. The van der Waals surface area contributed by atoms with E-state index in [1.165, 1.54) is 0 Å². The topological polar surface area (TPSA) is 98.8 Å². The Hall–Kier alpha value is -4.20. The summed E-state index contributed by atoms with van der Waals surface area (Å²) in [7, 11) is 0.